The van der Waals surface area contributed by atoms with E-state index in [1.165, 1.54) is 89.9 Å². The van der Waals surface area contributed by atoms with Crippen molar-refractivity contribution in [1.29, 1.82) is 0 Å². The molecule has 0 aliphatic carbocycles. The summed E-state index contributed by atoms with van der Waals surface area (Å²) in [5, 5.41) is 20.2. The summed E-state index contributed by atoms with van der Waals surface area (Å²) in [5.74, 6) is -1.82. The fraction of sp³-hybridized carbons (Fsp3) is 0.917. The zero-order chi connectivity index (χ0) is 21.3. The molecule has 0 saturated heterocycles. The SMILES string of the molecule is CCCCCCCCCCCC(=O)[O-].CCCCCCCCCCCC(=O)[O-].[PbH2+2]. The Morgan fingerprint density at radius 2 is 0.655 bits per heavy atom. The van der Waals surface area contributed by atoms with Crippen molar-refractivity contribution in [3.63, 3.8) is 0 Å². The summed E-state index contributed by atoms with van der Waals surface area (Å²) in [5.41, 5.74) is 0. The van der Waals surface area contributed by atoms with Gasteiger partial charge in [0.05, 0.1) is 0 Å². The first-order valence-corrected chi connectivity index (χ1v) is 11.9. The van der Waals surface area contributed by atoms with Crippen molar-refractivity contribution >= 4 is 39.2 Å². The third-order valence-corrected chi connectivity index (χ3v) is 4.97. The van der Waals surface area contributed by atoms with Crippen LogP contribution in [0.15, 0.2) is 0 Å². The van der Waals surface area contributed by atoms with Gasteiger partial charge in [-0.05, 0) is 25.7 Å². The van der Waals surface area contributed by atoms with Crippen LogP contribution in [-0.4, -0.2) is 39.2 Å². The van der Waals surface area contributed by atoms with Crippen LogP contribution in [0.1, 0.15) is 142 Å². The van der Waals surface area contributed by atoms with E-state index in [9.17, 15) is 19.8 Å². The van der Waals surface area contributed by atoms with Crippen LogP contribution >= 0.6 is 0 Å². The molecule has 4 nitrogen and oxygen atoms in total. The predicted molar refractivity (Wildman–Crippen MR) is 122 cm³/mol. The normalized spacial score (nSPS) is 10.0. The van der Waals surface area contributed by atoms with Crippen LogP contribution in [0.4, 0.5) is 0 Å². The molecular weight excluding hydrogens is 559 g/mol. The molecule has 0 rings (SSSR count). The van der Waals surface area contributed by atoms with Crippen molar-refractivity contribution < 1.29 is 19.8 Å². The van der Waals surface area contributed by atoms with E-state index in [0.29, 0.717) is 0 Å². The number of aliphatic carboxylic acids is 2. The minimum atomic E-state index is -0.909. The van der Waals surface area contributed by atoms with Gasteiger partial charge in [-0.1, -0.05) is 117 Å². The number of hydrogen-bond acceptors (Lipinski definition) is 4. The summed E-state index contributed by atoms with van der Waals surface area (Å²) < 4.78 is 0. The van der Waals surface area contributed by atoms with E-state index in [1.807, 2.05) is 0 Å². The van der Waals surface area contributed by atoms with Gasteiger partial charge in [-0.25, -0.2) is 0 Å². The van der Waals surface area contributed by atoms with E-state index >= 15 is 0 Å². The molecule has 0 aromatic carbocycles. The number of unbranched alkanes of at least 4 members (excludes halogenated alkanes) is 16. The maximum absolute atomic E-state index is 10.1. The zero-order valence-corrected chi connectivity index (χ0v) is 25.0. The van der Waals surface area contributed by atoms with Gasteiger partial charge >= 0.3 is 27.3 Å². The average Bonchev–Trinajstić information content (AvgIpc) is 2.65. The van der Waals surface area contributed by atoms with Crippen molar-refractivity contribution in [3.05, 3.63) is 0 Å². The fourth-order valence-electron chi connectivity index (χ4n) is 3.16. The zero-order valence-electron chi connectivity index (χ0n) is 19.5. The number of carbonyl (C=O) groups excluding carboxylic acids is 2. The molecule has 0 aromatic rings. The molecule has 172 valence electrons. The van der Waals surface area contributed by atoms with Crippen LogP contribution < -0.4 is 10.2 Å². The first kappa shape index (κ1) is 33.5. The van der Waals surface area contributed by atoms with Gasteiger partial charge in [0.15, 0.2) is 0 Å². The molecule has 0 bridgehead atoms. The van der Waals surface area contributed by atoms with E-state index < -0.39 is 11.9 Å². The Hall–Kier alpha value is -0.138. The van der Waals surface area contributed by atoms with Crippen molar-refractivity contribution in [2.45, 2.75) is 142 Å². The minimum absolute atomic E-state index is 0. The van der Waals surface area contributed by atoms with Gasteiger partial charge in [0.1, 0.15) is 0 Å². The number of carboxylic acids is 2. The summed E-state index contributed by atoms with van der Waals surface area (Å²) in [7, 11) is 0. The van der Waals surface area contributed by atoms with Gasteiger partial charge in [-0.15, -0.1) is 0 Å². The van der Waals surface area contributed by atoms with Gasteiger partial charge in [0.2, 0.25) is 0 Å². The Labute approximate surface area is 200 Å². The molecule has 0 aliphatic rings. The monoisotopic (exact) mass is 608 g/mol. The Morgan fingerprint density at radius 3 is 0.862 bits per heavy atom. The summed E-state index contributed by atoms with van der Waals surface area (Å²) in [6.07, 6.45) is 22.3. The molecule has 0 atom stereocenters. The van der Waals surface area contributed by atoms with Crippen LogP contribution in [-0.2, 0) is 9.59 Å². The second-order valence-electron chi connectivity index (χ2n) is 7.90. The third kappa shape index (κ3) is 39.0. The van der Waals surface area contributed by atoms with E-state index in [2.05, 4.69) is 13.8 Å². The molecule has 0 radical (unpaired) electrons. The second kappa shape index (κ2) is 30.1. The first-order chi connectivity index (χ1) is 13.5. The van der Waals surface area contributed by atoms with Crippen LogP contribution in [0.5, 0.6) is 0 Å². The fourth-order valence-corrected chi connectivity index (χ4v) is 3.16. The van der Waals surface area contributed by atoms with Gasteiger partial charge in [0.25, 0.3) is 0 Å². The molecule has 0 aliphatic heterocycles. The van der Waals surface area contributed by atoms with Gasteiger partial charge < -0.3 is 19.8 Å². The van der Waals surface area contributed by atoms with Gasteiger partial charge in [-0.2, -0.15) is 0 Å². The van der Waals surface area contributed by atoms with E-state index in [1.54, 1.807) is 0 Å². The standard InChI is InChI=1S/2C12H24O2.Pb.2H/c2*1-2-3-4-5-6-7-8-9-10-11-12(13)14;;;/h2*2-11H2,1H3,(H,13,14);;;/q;;+2;;/p-2. The van der Waals surface area contributed by atoms with Crippen LogP contribution in [0.3, 0.4) is 0 Å². The molecule has 0 N–H and O–H groups in total. The molecule has 0 fully saturated rings. The Morgan fingerprint density at radius 1 is 0.448 bits per heavy atom. The van der Waals surface area contributed by atoms with Crippen LogP contribution in [0.25, 0.3) is 0 Å². The Bertz CT molecular complexity index is 303. The molecule has 0 aromatic heterocycles. The van der Waals surface area contributed by atoms with Crippen molar-refractivity contribution in [2.75, 3.05) is 0 Å². The quantitative estimate of drug-likeness (QED) is 0.152. The van der Waals surface area contributed by atoms with Gasteiger partial charge in [-0.3, -0.25) is 0 Å². The van der Waals surface area contributed by atoms with E-state index in [0.717, 1.165) is 25.7 Å². The predicted octanol–water partition coefficient (Wildman–Crippen LogP) is 4.40. The topological polar surface area (TPSA) is 80.3 Å². The molecule has 0 unspecified atom stereocenters. The molecule has 0 spiro atoms. The number of carbonyl (C=O) groups is 2. The Kier molecular flexibility index (Phi) is 34.7. The van der Waals surface area contributed by atoms with Crippen molar-refractivity contribution in [3.8, 4) is 0 Å². The summed E-state index contributed by atoms with van der Waals surface area (Å²) >= 11 is 0. The average molecular weight is 608 g/mol. The van der Waals surface area contributed by atoms with E-state index in [-0.39, 0.29) is 40.1 Å². The number of hydrogen-bond donors (Lipinski definition) is 0. The summed E-state index contributed by atoms with van der Waals surface area (Å²) in [6, 6.07) is 0. The molecule has 0 saturated carbocycles. The van der Waals surface area contributed by atoms with Crippen LogP contribution in [0, 0.1) is 0 Å². The van der Waals surface area contributed by atoms with Crippen LogP contribution in [0.2, 0.25) is 0 Å². The number of rotatable bonds is 20. The van der Waals surface area contributed by atoms with Crippen molar-refractivity contribution in [2.24, 2.45) is 0 Å². The molecule has 0 amide bonds. The number of carboxylic acid groups (broad SMARTS) is 2. The summed E-state index contributed by atoms with van der Waals surface area (Å²) in [6.45, 7) is 4.44. The molecular formula is C24H48O4Pb. The Balaban J connectivity index is -0.000000451. The molecule has 5 heteroatoms. The van der Waals surface area contributed by atoms with E-state index in [4.69, 9.17) is 0 Å². The first-order valence-electron chi connectivity index (χ1n) is 11.9. The maximum atomic E-state index is 10.1. The third-order valence-electron chi connectivity index (χ3n) is 4.97. The second-order valence-corrected chi connectivity index (χ2v) is 7.90. The summed E-state index contributed by atoms with van der Waals surface area (Å²) in [4.78, 5) is 20.2. The van der Waals surface area contributed by atoms with Crippen molar-refractivity contribution in [1.82, 2.24) is 0 Å². The molecule has 29 heavy (non-hydrogen) atoms. The molecule has 0 heterocycles. The van der Waals surface area contributed by atoms with Gasteiger partial charge in [0, 0.05) is 11.9 Å².